The van der Waals surface area contributed by atoms with Crippen LogP contribution in [0.3, 0.4) is 0 Å². The smallest absolute Gasteiger partial charge is 0.410 e. The summed E-state index contributed by atoms with van der Waals surface area (Å²) in [7, 11) is 0. The van der Waals surface area contributed by atoms with Crippen LogP contribution in [-0.4, -0.2) is 52.3 Å². The predicted octanol–water partition coefficient (Wildman–Crippen LogP) is 3.09. The van der Waals surface area contributed by atoms with Crippen molar-refractivity contribution in [2.24, 2.45) is 11.8 Å². The number of hydrogen-bond donors (Lipinski definition) is 1. The minimum absolute atomic E-state index is 0.0211. The van der Waals surface area contributed by atoms with Crippen LogP contribution in [0.4, 0.5) is 4.79 Å². The van der Waals surface area contributed by atoms with E-state index in [-0.39, 0.29) is 17.3 Å². The third kappa shape index (κ3) is 5.41. The summed E-state index contributed by atoms with van der Waals surface area (Å²) < 4.78 is 5.41. The van der Waals surface area contributed by atoms with E-state index in [1.165, 1.54) is 0 Å². The number of likely N-dealkylation sites (tertiary alicyclic amines) is 1. The predicted molar refractivity (Wildman–Crippen MR) is 84.6 cm³/mol. The third-order valence-corrected chi connectivity index (χ3v) is 5.07. The van der Waals surface area contributed by atoms with E-state index in [9.17, 15) is 14.7 Å². The average molecular weight is 317 g/mol. The number of ether oxygens (including phenoxy) is 1. The summed E-state index contributed by atoms with van der Waals surface area (Å²) >= 11 is 1.58. The Morgan fingerprint density at radius 3 is 2.48 bits per heavy atom. The highest BCUT2D eigenvalue weighted by Gasteiger charge is 2.35. The van der Waals surface area contributed by atoms with Gasteiger partial charge in [0, 0.05) is 18.3 Å². The number of thioether (sulfide) groups is 1. The van der Waals surface area contributed by atoms with E-state index in [0.29, 0.717) is 13.1 Å². The van der Waals surface area contributed by atoms with Gasteiger partial charge in [-0.25, -0.2) is 4.79 Å². The van der Waals surface area contributed by atoms with Gasteiger partial charge in [-0.05, 0) is 45.8 Å². The lowest BCUT2D eigenvalue weighted by Crippen LogP contribution is -2.46. The van der Waals surface area contributed by atoms with Crippen molar-refractivity contribution in [1.29, 1.82) is 0 Å². The summed E-state index contributed by atoms with van der Waals surface area (Å²) in [5, 5.41) is 9.24. The lowest BCUT2D eigenvalue weighted by atomic mass is 9.88. The summed E-state index contributed by atoms with van der Waals surface area (Å²) in [6, 6.07) is 0. The summed E-state index contributed by atoms with van der Waals surface area (Å²) in [5.41, 5.74) is -0.503. The quantitative estimate of drug-likeness (QED) is 0.863. The zero-order valence-corrected chi connectivity index (χ0v) is 14.4. The first-order chi connectivity index (χ1) is 9.65. The molecule has 1 rings (SSSR count). The first-order valence-electron chi connectivity index (χ1n) is 7.39. The van der Waals surface area contributed by atoms with Crippen LogP contribution in [-0.2, 0) is 9.53 Å². The fraction of sp³-hybridized carbons (Fsp3) is 0.867. The van der Waals surface area contributed by atoms with Crippen LogP contribution in [0.15, 0.2) is 0 Å². The molecule has 3 unspecified atom stereocenters. The zero-order chi connectivity index (χ0) is 16.2. The van der Waals surface area contributed by atoms with E-state index in [1.807, 2.05) is 27.0 Å². The van der Waals surface area contributed by atoms with E-state index < -0.39 is 17.5 Å². The molecule has 5 nitrogen and oxygen atoms in total. The summed E-state index contributed by atoms with van der Waals surface area (Å²) in [5.74, 6) is -0.986. The Hall–Kier alpha value is -0.910. The first-order valence-corrected chi connectivity index (χ1v) is 8.68. The number of carbonyl (C=O) groups is 2. The molecule has 0 radical (unpaired) electrons. The highest BCUT2D eigenvalue weighted by atomic mass is 32.2. The molecule has 21 heavy (non-hydrogen) atoms. The number of piperidine rings is 1. The maximum Gasteiger partial charge on any atom is 0.410 e. The van der Waals surface area contributed by atoms with Gasteiger partial charge >= 0.3 is 12.1 Å². The highest BCUT2D eigenvalue weighted by Crippen LogP contribution is 2.32. The van der Waals surface area contributed by atoms with Gasteiger partial charge in [0.2, 0.25) is 0 Å². The molecule has 1 amide bonds. The number of aliphatic carboxylic acids is 1. The summed E-state index contributed by atoms with van der Waals surface area (Å²) in [6.07, 6.45) is 3.50. The largest absolute Gasteiger partial charge is 0.481 e. The van der Waals surface area contributed by atoms with Crippen molar-refractivity contribution in [2.75, 3.05) is 19.3 Å². The maximum absolute atomic E-state index is 12.2. The molecule has 1 heterocycles. The Morgan fingerprint density at radius 2 is 2.00 bits per heavy atom. The SMILES string of the molecule is CSC(C1CCCN(C(=O)OC(C)(C)C)C1)C(C)C(=O)O. The van der Waals surface area contributed by atoms with Crippen molar-refractivity contribution >= 4 is 23.8 Å². The second-order valence-corrected chi connectivity index (χ2v) is 7.67. The van der Waals surface area contributed by atoms with Crippen molar-refractivity contribution in [3.63, 3.8) is 0 Å². The molecule has 0 spiro atoms. The molecule has 0 aromatic carbocycles. The molecule has 3 atom stereocenters. The number of nitrogens with zero attached hydrogens (tertiary/aromatic N) is 1. The van der Waals surface area contributed by atoms with Gasteiger partial charge in [-0.2, -0.15) is 11.8 Å². The Balaban J connectivity index is 2.70. The Kier molecular flexibility index (Phi) is 6.38. The fourth-order valence-electron chi connectivity index (χ4n) is 2.72. The van der Waals surface area contributed by atoms with Crippen molar-refractivity contribution in [3.05, 3.63) is 0 Å². The summed E-state index contributed by atoms with van der Waals surface area (Å²) in [4.78, 5) is 25.1. The average Bonchev–Trinajstić information content (AvgIpc) is 2.37. The summed E-state index contributed by atoms with van der Waals surface area (Å²) in [6.45, 7) is 8.57. The molecule has 1 aliphatic heterocycles. The van der Waals surface area contributed by atoms with Gasteiger partial charge < -0.3 is 14.7 Å². The fourth-order valence-corrected chi connectivity index (χ4v) is 3.85. The molecule has 0 aromatic heterocycles. The van der Waals surface area contributed by atoms with Gasteiger partial charge in [0.05, 0.1) is 5.92 Å². The molecule has 1 aliphatic rings. The Labute approximate surface area is 131 Å². The normalized spacial score (nSPS) is 22.5. The molecule has 1 fully saturated rings. The van der Waals surface area contributed by atoms with E-state index in [1.54, 1.807) is 23.6 Å². The van der Waals surface area contributed by atoms with Gasteiger partial charge in [0.1, 0.15) is 5.60 Å². The van der Waals surface area contributed by atoms with Crippen LogP contribution < -0.4 is 0 Å². The van der Waals surface area contributed by atoms with Crippen molar-refractivity contribution in [3.8, 4) is 0 Å². The van der Waals surface area contributed by atoms with Gasteiger partial charge in [0.15, 0.2) is 0 Å². The molecule has 0 bridgehead atoms. The van der Waals surface area contributed by atoms with Crippen LogP contribution >= 0.6 is 11.8 Å². The van der Waals surface area contributed by atoms with Crippen LogP contribution in [0.5, 0.6) is 0 Å². The monoisotopic (exact) mass is 317 g/mol. The minimum atomic E-state index is -0.774. The van der Waals surface area contributed by atoms with E-state index in [0.717, 1.165) is 12.8 Å². The van der Waals surface area contributed by atoms with Crippen molar-refractivity contribution < 1.29 is 19.4 Å². The molecular weight excluding hydrogens is 290 g/mol. The lowest BCUT2D eigenvalue weighted by Gasteiger charge is -2.38. The number of amides is 1. The van der Waals surface area contributed by atoms with Crippen LogP contribution in [0.25, 0.3) is 0 Å². The van der Waals surface area contributed by atoms with Crippen LogP contribution in [0, 0.1) is 11.8 Å². The molecule has 1 saturated heterocycles. The number of hydrogen-bond acceptors (Lipinski definition) is 4. The number of carbonyl (C=O) groups excluding carboxylic acids is 1. The lowest BCUT2D eigenvalue weighted by molar-refractivity contribution is -0.141. The third-order valence-electron chi connectivity index (χ3n) is 3.73. The van der Waals surface area contributed by atoms with Gasteiger partial charge in [-0.1, -0.05) is 6.92 Å². The second-order valence-electron chi connectivity index (χ2n) is 6.66. The molecule has 0 aromatic rings. The highest BCUT2D eigenvalue weighted by molar-refractivity contribution is 7.99. The molecular formula is C15H27NO4S. The van der Waals surface area contributed by atoms with Crippen molar-refractivity contribution in [1.82, 2.24) is 4.90 Å². The van der Waals surface area contributed by atoms with Crippen molar-refractivity contribution in [2.45, 2.75) is 51.4 Å². The minimum Gasteiger partial charge on any atom is -0.481 e. The van der Waals surface area contributed by atoms with E-state index in [4.69, 9.17) is 4.74 Å². The first kappa shape index (κ1) is 18.1. The van der Waals surface area contributed by atoms with E-state index >= 15 is 0 Å². The van der Waals surface area contributed by atoms with Gasteiger partial charge in [0.25, 0.3) is 0 Å². The maximum atomic E-state index is 12.2. The topological polar surface area (TPSA) is 66.8 Å². The Morgan fingerprint density at radius 1 is 1.38 bits per heavy atom. The molecule has 0 aliphatic carbocycles. The van der Waals surface area contributed by atoms with Crippen LogP contribution in [0.2, 0.25) is 0 Å². The zero-order valence-electron chi connectivity index (χ0n) is 13.6. The second kappa shape index (κ2) is 7.38. The van der Waals surface area contributed by atoms with Gasteiger partial charge in [-0.3, -0.25) is 4.79 Å². The molecule has 0 saturated carbocycles. The number of rotatable bonds is 4. The molecule has 1 N–H and O–H groups in total. The van der Waals surface area contributed by atoms with Crippen LogP contribution in [0.1, 0.15) is 40.5 Å². The Bertz CT molecular complexity index is 380. The van der Waals surface area contributed by atoms with E-state index in [2.05, 4.69) is 0 Å². The van der Waals surface area contributed by atoms with Gasteiger partial charge in [-0.15, -0.1) is 0 Å². The number of carboxylic acid groups (broad SMARTS) is 1. The molecule has 122 valence electrons. The molecule has 6 heteroatoms. The number of carboxylic acids is 1. The standard InChI is InChI=1S/C15H27NO4S/c1-10(13(17)18)12(21-5)11-7-6-8-16(9-11)14(19)20-15(2,3)4/h10-12H,6-9H2,1-5H3,(H,17,18).